The van der Waals surface area contributed by atoms with Gasteiger partial charge < -0.3 is 25.0 Å². The Labute approximate surface area is 170 Å². The minimum Gasteiger partial charge on any atom is -0.486 e. The number of amides is 3. The summed E-state index contributed by atoms with van der Waals surface area (Å²) in [6.45, 7) is 4.97. The van der Waals surface area contributed by atoms with Crippen molar-refractivity contribution in [3.05, 3.63) is 18.2 Å². The fourth-order valence-electron chi connectivity index (χ4n) is 3.10. The van der Waals surface area contributed by atoms with Crippen molar-refractivity contribution in [3.63, 3.8) is 0 Å². The molecule has 2 aliphatic heterocycles. The first-order valence-corrected chi connectivity index (χ1v) is 10.9. The van der Waals surface area contributed by atoms with Crippen LogP contribution >= 0.6 is 0 Å². The van der Waals surface area contributed by atoms with Gasteiger partial charge in [0.05, 0.1) is 10.9 Å². The molecule has 0 spiro atoms. The predicted molar refractivity (Wildman–Crippen MR) is 104 cm³/mol. The number of benzene rings is 1. The van der Waals surface area contributed by atoms with Gasteiger partial charge in [0.15, 0.2) is 11.5 Å². The molecule has 0 aromatic heterocycles. The average Bonchev–Trinajstić information content (AvgIpc) is 2.67. The quantitative estimate of drug-likeness (QED) is 0.583. The Morgan fingerprint density at radius 2 is 1.79 bits per heavy atom. The summed E-state index contributed by atoms with van der Waals surface area (Å²) in [7, 11) is -2.44. The summed E-state index contributed by atoms with van der Waals surface area (Å²) in [5.41, 5.74) is 0. The van der Waals surface area contributed by atoms with E-state index < -0.39 is 16.1 Å². The van der Waals surface area contributed by atoms with E-state index in [2.05, 4.69) is 15.4 Å². The SMILES string of the molecule is CNC(=O)NC1CN(C(=O)[C@@H](NS(=O)(=O)c2ccc3c(c2)OCCO3)C(C)C)C1. The van der Waals surface area contributed by atoms with E-state index in [1.165, 1.54) is 24.1 Å². The van der Waals surface area contributed by atoms with Crippen LogP contribution in [-0.2, 0) is 14.8 Å². The van der Waals surface area contributed by atoms with Gasteiger partial charge in [0.25, 0.3) is 0 Å². The molecule has 0 saturated carbocycles. The van der Waals surface area contributed by atoms with E-state index in [-0.39, 0.29) is 28.8 Å². The van der Waals surface area contributed by atoms with Crippen LogP contribution in [-0.4, -0.2) is 70.7 Å². The van der Waals surface area contributed by atoms with Gasteiger partial charge >= 0.3 is 6.03 Å². The van der Waals surface area contributed by atoms with E-state index >= 15 is 0 Å². The highest BCUT2D eigenvalue weighted by Gasteiger charge is 2.38. The number of hydrogen-bond donors (Lipinski definition) is 3. The first-order chi connectivity index (χ1) is 13.7. The molecule has 1 aromatic carbocycles. The molecule has 3 rings (SSSR count). The number of sulfonamides is 1. The fourth-order valence-corrected chi connectivity index (χ4v) is 4.45. The van der Waals surface area contributed by atoms with Crippen molar-refractivity contribution in [2.24, 2.45) is 5.92 Å². The second kappa shape index (κ2) is 8.46. The second-order valence-corrected chi connectivity index (χ2v) is 9.03. The molecule has 2 aliphatic rings. The maximum absolute atomic E-state index is 12.9. The van der Waals surface area contributed by atoms with Gasteiger partial charge in [-0.05, 0) is 18.1 Å². The normalized spacial score (nSPS) is 17.4. The first kappa shape index (κ1) is 21.2. The summed E-state index contributed by atoms with van der Waals surface area (Å²) < 4.78 is 39.1. The minimum atomic E-state index is -3.95. The lowest BCUT2D eigenvalue weighted by atomic mass is 10.0. The molecule has 29 heavy (non-hydrogen) atoms. The van der Waals surface area contributed by atoms with Crippen LogP contribution in [0.15, 0.2) is 23.1 Å². The zero-order chi connectivity index (χ0) is 21.2. The van der Waals surface area contributed by atoms with Crippen LogP contribution in [0.5, 0.6) is 11.5 Å². The van der Waals surface area contributed by atoms with E-state index in [0.717, 1.165) is 0 Å². The highest BCUT2D eigenvalue weighted by molar-refractivity contribution is 7.89. The maximum atomic E-state index is 12.9. The predicted octanol–water partition coefficient (Wildman–Crippen LogP) is -0.0995. The Morgan fingerprint density at radius 3 is 2.41 bits per heavy atom. The van der Waals surface area contributed by atoms with Crippen molar-refractivity contribution in [1.82, 2.24) is 20.3 Å². The molecule has 3 N–H and O–H groups in total. The number of rotatable bonds is 6. The Hall–Kier alpha value is -2.53. The lowest BCUT2D eigenvalue weighted by molar-refractivity contribution is -0.138. The number of nitrogens with zero attached hydrogens (tertiary/aromatic N) is 1. The maximum Gasteiger partial charge on any atom is 0.314 e. The monoisotopic (exact) mass is 426 g/mol. The fraction of sp³-hybridized carbons (Fsp3) is 0.556. The van der Waals surface area contributed by atoms with Gasteiger partial charge in [0, 0.05) is 26.2 Å². The van der Waals surface area contributed by atoms with Gasteiger partial charge in [-0.2, -0.15) is 4.72 Å². The van der Waals surface area contributed by atoms with Crippen molar-refractivity contribution in [1.29, 1.82) is 0 Å². The molecular formula is C18H26N4O6S. The summed E-state index contributed by atoms with van der Waals surface area (Å²) in [6, 6.07) is 2.97. The Balaban J connectivity index is 1.68. The van der Waals surface area contributed by atoms with Crippen molar-refractivity contribution >= 4 is 22.0 Å². The lowest BCUT2D eigenvalue weighted by Gasteiger charge is -2.41. The Morgan fingerprint density at radius 1 is 1.14 bits per heavy atom. The van der Waals surface area contributed by atoms with E-state index in [4.69, 9.17) is 9.47 Å². The molecule has 1 aromatic rings. The number of urea groups is 1. The molecule has 1 saturated heterocycles. The molecule has 1 fully saturated rings. The van der Waals surface area contributed by atoms with Crippen molar-refractivity contribution in [2.45, 2.75) is 30.8 Å². The van der Waals surface area contributed by atoms with E-state index in [9.17, 15) is 18.0 Å². The van der Waals surface area contributed by atoms with Crippen molar-refractivity contribution in [2.75, 3.05) is 33.4 Å². The number of carbonyl (C=O) groups excluding carboxylic acids is 2. The highest BCUT2D eigenvalue weighted by atomic mass is 32.2. The summed E-state index contributed by atoms with van der Waals surface area (Å²) in [6.07, 6.45) is 0. The lowest BCUT2D eigenvalue weighted by Crippen LogP contribution is -2.65. The molecule has 11 heteroatoms. The molecule has 10 nitrogen and oxygen atoms in total. The number of hydrogen-bond acceptors (Lipinski definition) is 6. The number of nitrogens with one attached hydrogen (secondary N) is 3. The van der Waals surface area contributed by atoms with Crippen molar-refractivity contribution in [3.8, 4) is 11.5 Å². The zero-order valence-electron chi connectivity index (χ0n) is 16.6. The third-order valence-corrected chi connectivity index (χ3v) is 6.23. The van der Waals surface area contributed by atoms with Crippen LogP contribution < -0.4 is 24.8 Å². The third-order valence-electron chi connectivity index (χ3n) is 4.79. The van der Waals surface area contributed by atoms with Crippen LogP contribution in [0, 0.1) is 5.92 Å². The molecule has 0 aliphatic carbocycles. The van der Waals surface area contributed by atoms with Crippen LogP contribution in [0.3, 0.4) is 0 Å². The largest absolute Gasteiger partial charge is 0.486 e. The first-order valence-electron chi connectivity index (χ1n) is 9.40. The summed E-state index contributed by atoms with van der Waals surface area (Å²) >= 11 is 0. The minimum absolute atomic E-state index is 0.00275. The van der Waals surface area contributed by atoms with Crippen LogP contribution in [0.2, 0.25) is 0 Å². The van der Waals surface area contributed by atoms with E-state index in [0.29, 0.717) is 37.8 Å². The van der Waals surface area contributed by atoms with Gasteiger partial charge in [-0.1, -0.05) is 13.8 Å². The molecule has 2 heterocycles. The number of fused-ring (bicyclic) bond motifs is 1. The number of carbonyl (C=O) groups is 2. The third kappa shape index (κ3) is 4.73. The summed E-state index contributed by atoms with van der Waals surface area (Å²) in [5.74, 6) is 0.260. The molecule has 160 valence electrons. The summed E-state index contributed by atoms with van der Waals surface area (Å²) in [5, 5.41) is 5.17. The Kier molecular flexibility index (Phi) is 6.18. The highest BCUT2D eigenvalue weighted by Crippen LogP contribution is 2.32. The molecule has 0 unspecified atom stereocenters. The zero-order valence-corrected chi connectivity index (χ0v) is 17.4. The number of ether oxygens (including phenoxy) is 2. The van der Waals surface area contributed by atoms with Gasteiger partial charge in [-0.15, -0.1) is 0 Å². The Bertz CT molecular complexity index is 882. The van der Waals surface area contributed by atoms with Gasteiger partial charge in [-0.3, -0.25) is 4.79 Å². The molecular weight excluding hydrogens is 400 g/mol. The summed E-state index contributed by atoms with van der Waals surface area (Å²) in [4.78, 5) is 25.7. The second-order valence-electron chi connectivity index (χ2n) is 7.31. The topological polar surface area (TPSA) is 126 Å². The van der Waals surface area contributed by atoms with Crippen LogP contribution in [0.1, 0.15) is 13.8 Å². The van der Waals surface area contributed by atoms with Gasteiger partial charge in [0.2, 0.25) is 15.9 Å². The molecule has 0 radical (unpaired) electrons. The average molecular weight is 426 g/mol. The standard InChI is InChI=1S/C18H26N4O6S/c1-11(2)16(17(23)22-9-12(10-22)20-18(24)19-3)21-29(25,26)13-4-5-14-15(8-13)28-7-6-27-14/h4-5,8,11-12,16,21H,6-7,9-10H2,1-3H3,(H2,19,20,24)/t16-/m0/s1. The van der Waals surface area contributed by atoms with Gasteiger partial charge in [0.1, 0.15) is 19.3 Å². The smallest absolute Gasteiger partial charge is 0.314 e. The molecule has 0 bridgehead atoms. The van der Waals surface area contributed by atoms with Crippen LogP contribution in [0.25, 0.3) is 0 Å². The molecule has 3 amide bonds. The van der Waals surface area contributed by atoms with Crippen molar-refractivity contribution < 1.29 is 27.5 Å². The number of likely N-dealkylation sites (tertiary alicyclic amines) is 1. The van der Waals surface area contributed by atoms with Gasteiger partial charge in [-0.25, -0.2) is 13.2 Å². The van der Waals surface area contributed by atoms with Crippen LogP contribution in [0.4, 0.5) is 4.79 Å². The van der Waals surface area contributed by atoms with E-state index in [1.807, 2.05) is 0 Å². The van der Waals surface area contributed by atoms with E-state index in [1.54, 1.807) is 19.9 Å². The molecule has 1 atom stereocenters.